The van der Waals surface area contributed by atoms with Crippen molar-refractivity contribution in [2.24, 2.45) is 0 Å². The largest absolute Gasteiger partial charge is 0.393 e. The van der Waals surface area contributed by atoms with E-state index in [4.69, 9.17) is 5.11 Å². The maximum absolute atomic E-state index is 11.9. The van der Waals surface area contributed by atoms with Gasteiger partial charge in [0.15, 0.2) is 0 Å². The zero-order valence-electron chi connectivity index (χ0n) is 10.9. The minimum Gasteiger partial charge on any atom is -0.393 e. The van der Waals surface area contributed by atoms with Gasteiger partial charge in [-0.05, 0) is 24.3 Å². The Morgan fingerprint density at radius 1 is 1.40 bits per heavy atom. The first kappa shape index (κ1) is 14.1. The van der Waals surface area contributed by atoms with E-state index >= 15 is 0 Å². The number of carbonyl (C=O) groups excluding carboxylic acids is 1. The lowest BCUT2D eigenvalue weighted by molar-refractivity contribution is 0.00320. The number of hydrogen-bond donors (Lipinski definition) is 4. The van der Waals surface area contributed by atoms with Crippen molar-refractivity contribution in [2.45, 2.75) is 12.5 Å². The second-order valence-corrected chi connectivity index (χ2v) is 4.65. The number of aromatic amines is 1. The molecule has 20 heavy (non-hydrogen) atoms. The van der Waals surface area contributed by atoms with Gasteiger partial charge in [0, 0.05) is 17.7 Å². The third-order valence-corrected chi connectivity index (χ3v) is 2.72. The fraction of sp³-hybridized carbons (Fsp3) is 0.333. The van der Waals surface area contributed by atoms with Crippen LogP contribution in [0.1, 0.15) is 17.3 Å². The number of H-pyrrole nitrogens is 1. The lowest BCUT2D eigenvalue weighted by atomic mass is 10.1. The summed E-state index contributed by atoms with van der Waals surface area (Å²) < 4.78 is 0. The molecule has 1 unspecified atom stereocenters. The number of carbonyl (C=O) groups is 1. The molecule has 0 fully saturated rings. The van der Waals surface area contributed by atoms with Crippen LogP contribution in [-0.4, -0.2) is 55.5 Å². The molecule has 0 spiro atoms. The topological polar surface area (TPSA) is 124 Å². The number of tetrazole rings is 1. The molecule has 8 nitrogen and oxygen atoms in total. The number of aromatic nitrogens is 4. The number of aliphatic hydroxyl groups excluding tert-OH is 1. The van der Waals surface area contributed by atoms with Crippen molar-refractivity contribution in [2.75, 3.05) is 13.2 Å². The van der Waals surface area contributed by atoms with E-state index in [1.54, 1.807) is 24.3 Å². The van der Waals surface area contributed by atoms with Crippen molar-refractivity contribution < 1.29 is 15.0 Å². The first-order chi connectivity index (χ1) is 9.52. The van der Waals surface area contributed by atoms with Crippen molar-refractivity contribution in [3.8, 4) is 11.4 Å². The third-order valence-electron chi connectivity index (χ3n) is 2.72. The average molecular weight is 277 g/mol. The van der Waals surface area contributed by atoms with Crippen LogP contribution in [0.25, 0.3) is 11.4 Å². The molecule has 4 N–H and O–H groups in total. The van der Waals surface area contributed by atoms with Crippen LogP contribution < -0.4 is 5.32 Å². The monoisotopic (exact) mass is 277 g/mol. The van der Waals surface area contributed by atoms with Gasteiger partial charge >= 0.3 is 0 Å². The van der Waals surface area contributed by atoms with Crippen molar-refractivity contribution in [3.05, 3.63) is 29.8 Å². The minimum atomic E-state index is -1.33. The van der Waals surface area contributed by atoms with E-state index in [2.05, 4.69) is 25.9 Å². The molecule has 2 rings (SSSR count). The second-order valence-electron chi connectivity index (χ2n) is 4.65. The Morgan fingerprint density at radius 3 is 2.65 bits per heavy atom. The molecule has 1 atom stereocenters. The molecule has 0 bridgehead atoms. The Bertz CT molecular complexity index is 565. The highest BCUT2D eigenvalue weighted by molar-refractivity contribution is 5.94. The summed E-state index contributed by atoms with van der Waals surface area (Å²) in [6.45, 7) is 0.978. The highest BCUT2D eigenvalue weighted by Gasteiger charge is 2.20. The van der Waals surface area contributed by atoms with E-state index in [-0.39, 0.29) is 12.5 Å². The van der Waals surface area contributed by atoms with Crippen molar-refractivity contribution in [1.82, 2.24) is 25.9 Å². The Hall–Kier alpha value is -2.32. The summed E-state index contributed by atoms with van der Waals surface area (Å²) in [6.07, 6.45) is 0. The van der Waals surface area contributed by atoms with Gasteiger partial charge in [0.2, 0.25) is 5.82 Å². The molecule has 0 saturated heterocycles. The molecule has 0 aliphatic heterocycles. The summed E-state index contributed by atoms with van der Waals surface area (Å²) in [5, 5.41) is 34.5. The smallest absolute Gasteiger partial charge is 0.251 e. The number of rotatable bonds is 5. The predicted molar refractivity (Wildman–Crippen MR) is 69.7 cm³/mol. The number of amides is 1. The van der Waals surface area contributed by atoms with E-state index in [1.807, 2.05) is 0 Å². The van der Waals surface area contributed by atoms with Crippen molar-refractivity contribution >= 4 is 5.91 Å². The van der Waals surface area contributed by atoms with Crippen molar-refractivity contribution in [3.63, 3.8) is 0 Å². The summed E-state index contributed by atoms with van der Waals surface area (Å²) in [5.41, 5.74) is -0.163. The summed E-state index contributed by atoms with van der Waals surface area (Å²) >= 11 is 0. The Morgan fingerprint density at radius 2 is 2.10 bits per heavy atom. The first-order valence-corrected chi connectivity index (χ1v) is 5.97. The summed E-state index contributed by atoms with van der Waals surface area (Å²) in [6, 6.07) is 6.64. The molecule has 106 valence electrons. The van der Waals surface area contributed by atoms with E-state index in [0.29, 0.717) is 11.4 Å². The van der Waals surface area contributed by atoms with Gasteiger partial charge in [-0.1, -0.05) is 12.1 Å². The van der Waals surface area contributed by atoms with Crippen LogP contribution in [0.3, 0.4) is 0 Å². The molecule has 0 aliphatic rings. The zero-order valence-corrected chi connectivity index (χ0v) is 10.9. The highest BCUT2D eigenvalue weighted by Crippen LogP contribution is 2.14. The molecule has 0 aliphatic carbocycles. The van der Waals surface area contributed by atoms with Crippen LogP contribution in [0.5, 0.6) is 0 Å². The van der Waals surface area contributed by atoms with Crippen LogP contribution in [0.4, 0.5) is 0 Å². The SMILES string of the molecule is CC(O)(CO)CNC(=O)c1ccc(-c2nn[nH]n2)cc1. The molecule has 0 saturated carbocycles. The summed E-state index contributed by atoms with van der Waals surface area (Å²) in [5.74, 6) is 0.110. The lowest BCUT2D eigenvalue weighted by Gasteiger charge is -2.20. The van der Waals surface area contributed by atoms with Gasteiger partial charge in [-0.15, -0.1) is 10.2 Å². The molecular formula is C12H15N5O3. The van der Waals surface area contributed by atoms with Crippen LogP contribution in [0.15, 0.2) is 24.3 Å². The van der Waals surface area contributed by atoms with Crippen LogP contribution in [-0.2, 0) is 0 Å². The molecule has 1 amide bonds. The molecule has 1 aromatic carbocycles. The number of benzene rings is 1. The van der Waals surface area contributed by atoms with E-state index in [9.17, 15) is 9.90 Å². The average Bonchev–Trinajstić information content (AvgIpc) is 2.99. The van der Waals surface area contributed by atoms with Gasteiger partial charge in [0.05, 0.1) is 6.61 Å². The summed E-state index contributed by atoms with van der Waals surface area (Å²) in [4.78, 5) is 11.9. The Labute approximate surface area is 114 Å². The number of aliphatic hydroxyl groups is 2. The van der Waals surface area contributed by atoms with E-state index < -0.39 is 12.2 Å². The Balaban J connectivity index is 2.01. The first-order valence-electron chi connectivity index (χ1n) is 5.97. The number of hydrogen-bond acceptors (Lipinski definition) is 6. The summed E-state index contributed by atoms with van der Waals surface area (Å²) in [7, 11) is 0. The molecule has 1 aromatic heterocycles. The van der Waals surface area contributed by atoms with Crippen LogP contribution in [0, 0.1) is 0 Å². The number of nitrogens with one attached hydrogen (secondary N) is 2. The maximum Gasteiger partial charge on any atom is 0.251 e. The van der Waals surface area contributed by atoms with Crippen LogP contribution >= 0.6 is 0 Å². The Kier molecular flexibility index (Phi) is 4.06. The molecule has 8 heteroatoms. The van der Waals surface area contributed by atoms with Gasteiger partial charge in [-0.2, -0.15) is 5.21 Å². The van der Waals surface area contributed by atoms with Gasteiger partial charge < -0.3 is 15.5 Å². The fourth-order valence-corrected chi connectivity index (χ4v) is 1.48. The van der Waals surface area contributed by atoms with E-state index in [1.165, 1.54) is 6.92 Å². The third kappa shape index (κ3) is 3.37. The van der Waals surface area contributed by atoms with Gasteiger partial charge in [-0.25, -0.2) is 0 Å². The maximum atomic E-state index is 11.9. The number of nitrogens with zero attached hydrogens (tertiary/aromatic N) is 3. The van der Waals surface area contributed by atoms with E-state index in [0.717, 1.165) is 5.56 Å². The van der Waals surface area contributed by atoms with Gasteiger partial charge in [0.1, 0.15) is 5.60 Å². The normalized spacial score (nSPS) is 13.8. The second kappa shape index (κ2) is 5.76. The zero-order chi connectivity index (χ0) is 14.6. The lowest BCUT2D eigenvalue weighted by Crippen LogP contribution is -2.43. The minimum absolute atomic E-state index is 0.0328. The van der Waals surface area contributed by atoms with Gasteiger partial charge in [-0.3, -0.25) is 4.79 Å². The highest BCUT2D eigenvalue weighted by atomic mass is 16.3. The molecular weight excluding hydrogens is 262 g/mol. The molecule has 1 heterocycles. The predicted octanol–water partition coefficient (Wildman–Crippen LogP) is -0.660. The van der Waals surface area contributed by atoms with Gasteiger partial charge in [0.25, 0.3) is 5.91 Å². The fourth-order valence-electron chi connectivity index (χ4n) is 1.48. The quantitative estimate of drug-likeness (QED) is 0.575. The standard InChI is InChI=1S/C12H15N5O3/c1-12(20,7-18)6-13-11(19)9-4-2-8(3-5-9)10-14-16-17-15-10/h2-5,18,20H,6-7H2,1H3,(H,13,19)(H,14,15,16,17). The van der Waals surface area contributed by atoms with Crippen LogP contribution in [0.2, 0.25) is 0 Å². The molecule has 2 aromatic rings. The molecule has 0 radical (unpaired) electrons. The van der Waals surface area contributed by atoms with Crippen molar-refractivity contribution in [1.29, 1.82) is 0 Å².